The molecule has 0 bridgehead atoms. The van der Waals surface area contributed by atoms with E-state index in [4.69, 9.17) is 23.2 Å². The van der Waals surface area contributed by atoms with Gasteiger partial charge in [0, 0.05) is 53.4 Å². The summed E-state index contributed by atoms with van der Waals surface area (Å²) in [4.78, 5) is 15.0. The number of likely N-dealkylation sites (tertiary alicyclic amines) is 1. The first kappa shape index (κ1) is 30.0. The van der Waals surface area contributed by atoms with Gasteiger partial charge in [-0.2, -0.15) is 5.10 Å². The molecular weight excluding hydrogens is 600 g/mol. The van der Waals surface area contributed by atoms with Crippen molar-refractivity contribution < 1.29 is 17.6 Å². The first-order valence-electron chi connectivity index (χ1n) is 13.3. The highest BCUT2D eigenvalue weighted by atomic mass is 35.5. The highest BCUT2D eigenvalue weighted by Crippen LogP contribution is 2.36. The second-order valence-electron chi connectivity index (χ2n) is 10.6. The lowest BCUT2D eigenvalue weighted by atomic mass is 9.91. The molecule has 1 atom stereocenters. The molecule has 3 aromatic carbocycles. The Bertz CT molecular complexity index is 1630. The van der Waals surface area contributed by atoms with Gasteiger partial charge in [0.25, 0.3) is 5.91 Å². The summed E-state index contributed by atoms with van der Waals surface area (Å²) in [6.07, 6.45) is 3.40. The molecule has 2 N–H and O–H groups in total. The summed E-state index contributed by atoms with van der Waals surface area (Å²) in [5.41, 5.74) is 2.85. The Kier molecular flexibility index (Phi) is 8.89. The van der Waals surface area contributed by atoms with Crippen LogP contribution in [0.15, 0.2) is 79.1 Å². The number of anilines is 1. The van der Waals surface area contributed by atoms with Crippen LogP contribution in [0.3, 0.4) is 0 Å². The molecule has 8 nitrogen and oxygen atoms in total. The molecule has 1 amide bonds. The van der Waals surface area contributed by atoms with Gasteiger partial charge in [-0.3, -0.25) is 19.1 Å². The van der Waals surface area contributed by atoms with Crippen LogP contribution in [0.25, 0.3) is 0 Å². The zero-order valence-electron chi connectivity index (χ0n) is 23.0. The van der Waals surface area contributed by atoms with Crippen molar-refractivity contribution in [2.24, 2.45) is 13.0 Å². The number of hydrogen-bond acceptors (Lipinski definition) is 5. The van der Waals surface area contributed by atoms with Crippen LogP contribution < -0.4 is 10.0 Å². The lowest BCUT2D eigenvalue weighted by molar-refractivity contribution is 0.0813. The minimum Gasteiger partial charge on any atom is -0.345 e. The number of aryl methyl sites for hydroxylation is 1. The first-order valence-corrected chi connectivity index (χ1v) is 15.7. The first-order chi connectivity index (χ1) is 20.0. The number of nitrogens with one attached hydrogen (secondary N) is 2. The lowest BCUT2D eigenvalue weighted by Gasteiger charge is -2.44. The molecule has 0 saturated carbocycles. The van der Waals surface area contributed by atoms with Gasteiger partial charge in [0.1, 0.15) is 5.82 Å². The molecule has 5 rings (SSSR count). The summed E-state index contributed by atoms with van der Waals surface area (Å²) in [6.45, 7) is 2.86. The van der Waals surface area contributed by atoms with Gasteiger partial charge >= 0.3 is 0 Å². The van der Waals surface area contributed by atoms with E-state index >= 15 is 0 Å². The number of amides is 1. The van der Waals surface area contributed by atoms with Gasteiger partial charge in [-0.1, -0.05) is 47.5 Å². The Morgan fingerprint density at radius 2 is 1.60 bits per heavy atom. The third-order valence-corrected chi connectivity index (χ3v) is 9.14. The summed E-state index contributed by atoms with van der Waals surface area (Å²) in [7, 11) is -2.06. The number of carbonyl (C=O) groups is 1. The predicted octanol–water partition coefficient (Wildman–Crippen LogP) is 5.82. The van der Waals surface area contributed by atoms with Gasteiger partial charge in [-0.25, -0.2) is 12.8 Å². The van der Waals surface area contributed by atoms with E-state index in [1.54, 1.807) is 31.0 Å². The molecule has 12 heteroatoms. The molecule has 2 heterocycles. The summed E-state index contributed by atoms with van der Waals surface area (Å²) in [5, 5.41) is 8.14. The van der Waals surface area contributed by atoms with Crippen LogP contribution in [0, 0.1) is 11.7 Å². The summed E-state index contributed by atoms with van der Waals surface area (Å²) >= 11 is 12.2. The van der Waals surface area contributed by atoms with Crippen molar-refractivity contribution in [1.82, 2.24) is 20.0 Å². The van der Waals surface area contributed by atoms with Crippen LogP contribution >= 0.6 is 23.2 Å². The zero-order chi connectivity index (χ0) is 30.0. The average Bonchev–Trinajstić information content (AvgIpc) is 3.35. The molecule has 1 fully saturated rings. The quantitative estimate of drug-likeness (QED) is 0.230. The van der Waals surface area contributed by atoms with E-state index in [0.29, 0.717) is 23.1 Å². The SMILES string of the molecule is CC(NC(=O)c1cc(F)cc(NS(=O)(=O)CC2CN(C(c3ccc(Cl)cc3)c3ccc(Cl)cc3)C2)c1)c1cnn(C)c1. The van der Waals surface area contributed by atoms with Crippen molar-refractivity contribution >= 4 is 44.8 Å². The maximum Gasteiger partial charge on any atom is 0.251 e. The van der Waals surface area contributed by atoms with Gasteiger partial charge in [0.15, 0.2) is 0 Å². The van der Waals surface area contributed by atoms with E-state index in [1.807, 2.05) is 48.5 Å². The normalized spacial score (nSPS) is 14.9. The van der Waals surface area contributed by atoms with Gasteiger partial charge in [0.2, 0.25) is 10.0 Å². The summed E-state index contributed by atoms with van der Waals surface area (Å²) in [5.74, 6) is -1.54. The Labute approximate surface area is 254 Å². The van der Waals surface area contributed by atoms with Crippen molar-refractivity contribution in [3.05, 3.63) is 117 Å². The molecule has 1 saturated heterocycles. The van der Waals surface area contributed by atoms with Gasteiger partial charge in [-0.05, 0) is 60.5 Å². The minimum atomic E-state index is -3.83. The second-order valence-corrected chi connectivity index (χ2v) is 13.2. The van der Waals surface area contributed by atoms with Crippen LogP contribution in [0.1, 0.15) is 46.1 Å². The molecule has 42 heavy (non-hydrogen) atoms. The molecule has 0 spiro atoms. The predicted molar refractivity (Wildman–Crippen MR) is 163 cm³/mol. The molecule has 1 aromatic heterocycles. The highest BCUT2D eigenvalue weighted by molar-refractivity contribution is 7.92. The van der Waals surface area contributed by atoms with Crippen LogP contribution in [0.5, 0.6) is 0 Å². The number of carbonyl (C=O) groups excluding carboxylic acids is 1. The van der Waals surface area contributed by atoms with Crippen LogP contribution in [-0.4, -0.2) is 47.8 Å². The zero-order valence-corrected chi connectivity index (χ0v) is 25.3. The van der Waals surface area contributed by atoms with Crippen molar-refractivity contribution in [3.63, 3.8) is 0 Å². The maximum absolute atomic E-state index is 14.4. The number of benzene rings is 3. The molecule has 1 aliphatic rings. The second kappa shape index (κ2) is 12.4. The topological polar surface area (TPSA) is 96.3 Å². The third-order valence-electron chi connectivity index (χ3n) is 7.18. The van der Waals surface area contributed by atoms with Crippen molar-refractivity contribution in [3.8, 4) is 0 Å². The molecule has 0 radical (unpaired) electrons. The van der Waals surface area contributed by atoms with E-state index in [9.17, 15) is 17.6 Å². The molecule has 1 unspecified atom stereocenters. The maximum atomic E-state index is 14.4. The number of sulfonamides is 1. The van der Waals surface area contributed by atoms with Crippen LogP contribution in [0.4, 0.5) is 10.1 Å². The minimum absolute atomic E-state index is 0.00651. The fourth-order valence-electron chi connectivity index (χ4n) is 5.17. The van der Waals surface area contributed by atoms with Crippen molar-refractivity contribution in [2.45, 2.75) is 19.0 Å². The molecule has 220 valence electrons. The largest absolute Gasteiger partial charge is 0.345 e. The number of aromatic nitrogens is 2. The molecule has 1 aliphatic heterocycles. The Morgan fingerprint density at radius 3 is 2.14 bits per heavy atom. The standard InChI is InChI=1S/C30H30Cl2FN5O3S/c1-19(24-14-34-37(2)17-24)35-30(39)23-11-27(33)13-28(12-23)36-42(40,41)18-20-15-38(16-20)29(21-3-7-25(31)8-4-21)22-5-9-26(32)10-6-22/h3-14,17,19-20,29,36H,15-16,18H2,1-2H3,(H,35,39). The Balaban J connectivity index is 1.23. The fourth-order valence-corrected chi connectivity index (χ4v) is 6.81. The molecule has 4 aromatic rings. The third kappa shape index (κ3) is 7.30. The van der Waals surface area contributed by atoms with Gasteiger partial charge < -0.3 is 5.32 Å². The van der Waals surface area contributed by atoms with E-state index in [0.717, 1.165) is 28.8 Å². The van der Waals surface area contributed by atoms with Crippen LogP contribution in [-0.2, 0) is 17.1 Å². The average molecular weight is 631 g/mol. The molecular formula is C30H30Cl2FN5O3S. The Hall–Kier alpha value is -3.44. The van der Waals surface area contributed by atoms with E-state index < -0.39 is 21.7 Å². The highest BCUT2D eigenvalue weighted by Gasteiger charge is 2.36. The fraction of sp³-hybridized carbons (Fsp3) is 0.267. The number of rotatable bonds is 10. The van der Waals surface area contributed by atoms with Crippen molar-refractivity contribution in [1.29, 1.82) is 0 Å². The van der Waals surface area contributed by atoms with E-state index in [-0.39, 0.29) is 35.0 Å². The number of hydrogen-bond donors (Lipinski definition) is 2. The lowest BCUT2D eigenvalue weighted by Crippen LogP contribution is -2.51. The van der Waals surface area contributed by atoms with Gasteiger partial charge in [0.05, 0.1) is 29.7 Å². The smallest absolute Gasteiger partial charge is 0.251 e. The monoisotopic (exact) mass is 629 g/mol. The van der Waals surface area contributed by atoms with Crippen molar-refractivity contribution in [2.75, 3.05) is 23.6 Å². The van der Waals surface area contributed by atoms with E-state index in [2.05, 4.69) is 20.0 Å². The van der Waals surface area contributed by atoms with Crippen LogP contribution in [0.2, 0.25) is 10.0 Å². The number of halogens is 3. The summed E-state index contributed by atoms with van der Waals surface area (Å²) in [6, 6.07) is 18.2. The molecule has 0 aliphatic carbocycles. The van der Waals surface area contributed by atoms with Gasteiger partial charge in [-0.15, -0.1) is 0 Å². The number of nitrogens with zero attached hydrogens (tertiary/aromatic N) is 3. The Morgan fingerprint density at radius 1 is 1.00 bits per heavy atom. The summed E-state index contributed by atoms with van der Waals surface area (Å²) < 4.78 is 44.6. The van der Waals surface area contributed by atoms with E-state index in [1.165, 1.54) is 6.07 Å².